The van der Waals surface area contributed by atoms with E-state index < -0.39 is 7.12 Å². The van der Waals surface area contributed by atoms with Gasteiger partial charge in [0.05, 0.1) is 23.4 Å². The molecule has 0 aliphatic carbocycles. The van der Waals surface area contributed by atoms with Crippen LogP contribution in [0, 0.1) is 3.57 Å². The zero-order chi connectivity index (χ0) is 19.3. The molecule has 2 rings (SSSR count). The molecule has 0 radical (unpaired) electrons. The lowest BCUT2D eigenvalue weighted by atomic mass is 9.78. The van der Waals surface area contributed by atoms with E-state index in [0.717, 1.165) is 26.7 Å². The molecular formula is C19H24BIO5. The smallest absolute Gasteiger partial charge is 0.458 e. The van der Waals surface area contributed by atoms with E-state index in [9.17, 15) is 15.2 Å². The molecule has 1 aliphatic rings. The van der Waals surface area contributed by atoms with Gasteiger partial charge in [-0.15, -0.1) is 0 Å². The van der Waals surface area contributed by atoms with Crippen LogP contribution in [-0.2, 0) is 4.65 Å². The van der Waals surface area contributed by atoms with Gasteiger partial charge in [-0.2, -0.15) is 0 Å². The summed E-state index contributed by atoms with van der Waals surface area (Å²) in [7, 11) is 0.710. The molecule has 1 aromatic rings. The number of aliphatic hydroxyl groups is 1. The van der Waals surface area contributed by atoms with Gasteiger partial charge in [-0.05, 0) is 71.2 Å². The molecule has 1 atom stereocenters. The number of benzene rings is 1. The van der Waals surface area contributed by atoms with Crippen LogP contribution in [0.5, 0.6) is 11.5 Å². The summed E-state index contributed by atoms with van der Waals surface area (Å²) >= 11 is 2.07. The maximum Gasteiger partial charge on any atom is 0.458 e. The standard InChI is InChI=1S/C19H24BIO5/c1-12(8-14-9-16(21)19(23)18(10-14)25-3)4-5-17-15(13(2)11-22)6-7-20(24)26-17/h6,8-10,17,22-24H,2,4-5,7,11H2,1,3H3/b12-8+. The van der Waals surface area contributed by atoms with E-state index in [4.69, 9.17) is 9.39 Å². The van der Waals surface area contributed by atoms with Crippen LogP contribution in [0.3, 0.4) is 0 Å². The molecule has 0 saturated heterocycles. The predicted octanol–water partition coefficient (Wildman–Crippen LogP) is 3.54. The highest BCUT2D eigenvalue weighted by molar-refractivity contribution is 14.1. The average molecular weight is 470 g/mol. The molecule has 0 fully saturated rings. The number of phenols is 1. The summed E-state index contributed by atoms with van der Waals surface area (Å²) in [6.07, 6.45) is 5.49. The minimum absolute atomic E-state index is 0.123. The fourth-order valence-corrected chi connectivity index (χ4v) is 3.54. The zero-order valence-corrected chi connectivity index (χ0v) is 17.2. The Labute approximate surface area is 168 Å². The van der Waals surface area contributed by atoms with Crippen LogP contribution in [0.1, 0.15) is 25.3 Å². The van der Waals surface area contributed by atoms with Crippen LogP contribution in [0.25, 0.3) is 6.08 Å². The summed E-state index contributed by atoms with van der Waals surface area (Å²) in [6.45, 7) is 5.77. The number of hydrogen-bond donors (Lipinski definition) is 3. The maximum atomic E-state index is 9.93. The molecule has 0 saturated carbocycles. The molecular weight excluding hydrogens is 446 g/mol. The highest BCUT2D eigenvalue weighted by atomic mass is 127. The fraction of sp³-hybridized carbons (Fsp3) is 0.368. The van der Waals surface area contributed by atoms with Crippen LogP contribution in [0.15, 0.2) is 41.5 Å². The van der Waals surface area contributed by atoms with Gasteiger partial charge >= 0.3 is 7.12 Å². The first kappa shape index (κ1) is 21.0. The maximum absolute atomic E-state index is 9.93. The van der Waals surface area contributed by atoms with Crippen LogP contribution in [0.4, 0.5) is 0 Å². The van der Waals surface area contributed by atoms with Crippen molar-refractivity contribution in [3.8, 4) is 11.5 Å². The average Bonchev–Trinajstić information content (AvgIpc) is 2.62. The molecule has 0 bridgehead atoms. The van der Waals surface area contributed by atoms with E-state index >= 15 is 0 Å². The summed E-state index contributed by atoms with van der Waals surface area (Å²) in [5.41, 5.74) is 3.57. The Bertz CT molecular complexity index is 729. The molecule has 7 heteroatoms. The van der Waals surface area contributed by atoms with Gasteiger partial charge in [0.25, 0.3) is 0 Å². The number of aliphatic hydroxyl groups excluding tert-OH is 1. The molecule has 5 nitrogen and oxygen atoms in total. The number of allylic oxidation sites excluding steroid dienone is 2. The Kier molecular flexibility index (Phi) is 7.76. The van der Waals surface area contributed by atoms with Gasteiger partial charge in [-0.1, -0.05) is 24.3 Å². The molecule has 0 amide bonds. The van der Waals surface area contributed by atoms with Crippen LogP contribution in [-0.4, -0.2) is 42.2 Å². The van der Waals surface area contributed by atoms with Crippen LogP contribution in [0.2, 0.25) is 6.32 Å². The van der Waals surface area contributed by atoms with Crippen molar-refractivity contribution in [3.63, 3.8) is 0 Å². The molecule has 3 N–H and O–H groups in total. The van der Waals surface area contributed by atoms with Gasteiger partial charge < -0.3 is 24.6 Å². The molecule has 1 aromatic carbocycles. The van der Waals surface area contributed by atoms with E-state index in [0.29, 0.717) is 24.1 Å². The molecule has 1 unspecified atom stereocenters. The van der Waals surface area contributed by atoms with E-state index in [1.807, 2.05) is 25.1 Å². The van der Waals surface area contributed by atoms with Gasteiger partial charge in [0.15, 0.2) is 11.5 Å². The number of hydrogen-bond acceptors (Lipinski definition) is 5. The normalized spacial score (nSPS) is 17.9. The number of halogens is 1. The number of ether oxygens (including phenoxy) is 1. The Morgan fingerprint density at radius 1 is 1.50 bits per heavy atom. The molecule has 1 heterocycles. The molecule has 1 aliphatic heterocycles. The second kappa shape index (κ2) is 9.59. The van der Waals surface area contributed by atoms with Crippen molar-refractivity contribution in [1.82, 2.24) is 0 Å². The van der Waals surface area contributed by atoms with Crippen molar-refractivity contribution >= 4 is 35.8 Å². The number of rotatable bonds is 7. The van der Waals surface area contributed by atoms with Crippen molar-refractivity contribution in [2.45, 2.75) is 32.2 Å². The largest absolute Gasteiger partial charge is 0.504 e. The zero-order valence-electron chi connectivity index (χ0n) is 15.0. The lowest BCUT2D eigenvalue weighted by Crippen LogP contribution is -2.32. The quantitative estimate of drug-likeness (QED) is 0.420. The monoisotopic (exact) mass is 470 g/mol. The van der Waals surface area contributed by atoms with E-state index in [-0.39, 0.29) is 18.5 Å². The number of phenolic OH excluding ortho intramolecular Hbond substituents is 1. The Morgan fingerprint density at radius 2 is 2.23 bits per heavy atom. The van der Waals surface area contributed by atoms with Crippen LogP contribution < -0.4 is 4.74 Å². The summed E-state index contributed by atoms with van der Waals surface area (Å²) in [5, 5.41) is 29.0. The SMILES string of the molecule is C=C(CO)C1=CCB(O)OC1CC/C(C)=C/c1cc(I)c(O)c(OC)c1. The first-order valence-corrected chi connectivity index (χ1v) is 9.49. The first-order chi connectivity index (χ1) is 12.3. The van der Waals surface area contributed by atoms with E-state index in [1.54, 1.807) is 6.07 Å². The highest BCUT2D eigenvalue weighted by Crippen LogP contribution is 2.33. The van der Waals surface area contributed by atoms with Crippen molar-refractivity contribution < 1.29 is 24.6 Å². The lowest BCUT2D eigenvalue weighted by molar-refractivity contribution is 0.180. The lowest BCUT2D eigenvalue weighted by Gasteiger charge is -2.27. The van der Waals surface area contributed by atoms with Crippen molar-refractivity contribution in [2.75, 3.05) is 13.7 Å². The van der Waals surface area contributed by atoms with Gasteiger partial charge in [-0.3, -0.25) is 0 Å². The van der Waals surface area contributed by atoms with Gasteiger partial charge in [0, 0.05) is 6.32 Å². The second-order valence-electron chi connectivity index (χ2n) is 6.32. The number of methoxy groups -OCH3 is 1. The third-order valence-corrected chi connectivity index (χ3v) is 5.11. The van der Waals surface area contributed by atoms with Crippen molar-refractivity contribution in [1.29, 1.82) is 0 Å². The second-order valence-corrected chi connectivity index (χ2v) is 7.48. The molecule has 0 aromatic heterocycles. The topological polar surface area (TPSA) is 79.2 Å². The minimum Gasteiger partial charge on any atom is -0.504 e. The minimum atomic E-state index is -0.817. The Balaban J connectivity index is 2.09. The Hall–Kier alpha value is -1.29. The van der Waals surface area contributed by atoms with Gasteiger partial charge in [-0.25, -0.2) is 0 Å². The van der Waals surface area contributed by atoms with E-state index in [2.05, 4.69) is 29.2 Å². The van der Waals surface area contributed by atoms with Crippen molar-refractivity contribution in [2.24, 2.45) is 0 Å². The third-order valence-electron chi connectivity index (χ3n) is 4.29. The molecule has 140 valence electrons. The molecule has 26 heavy (non-hydrogen) atoms. The predicted molar refractivity (Wildman–Crippen MR) is 112 cm³/mol. The fourth-order valence-electron chi connectivity index (χ4n) is 2.91. The summed E-state index contributed by atoms with van der Waals surface area (Å²) in [5.74, 6) is 0.587. The highest BCUT2D eigenvalue weighted by Gasteiger charge is 2.27. The molecule has 0 spiro atoms. The van der Waals surface area contributed by atoms with Gasteiger partial charge in [0.1, 0.15) is 0 Å². The first-order valence-electron chi connectivity index (χ1n) is 8.42. The summed E-state index contributed by atoms with van der Waals surface area (Å²) < 4.78 is 11.5. The van der Waals surface area contributed by atoms with Crippen molar-refractivity contribution in [3.05, 3.63) is 50.6 Å². The van der Waals surface area contributed by atoms with E-state index in [1.165, 1.54) is 7.11 Å². The van der Waals surface area contributed by atoms with Crippen LogP contribution >= 0.6 is 22.6 Å². The van der Waals surface area contributed by atoms with Gasteiger partial charge in [0.2, 0.25) is 0 Å². The number of aromatic hydroxyl groups is 1. The summed E-state index contributed by atoms with van der Waals surface area (Å²) in [4.78, 5) is 0. The summed E-state index contributed by atoms with van der Waals surface area (Å²) in [6, 6.07) is 3.68. The Morgan fingerprint density at radius 3 is 2.88 bits per heavy atom. The third kappa shape index (κ3) is 5.36.